The van der Waals surface area contributed by atoms with E-state index >= 15 is 0 Å². The largest absolute Gasteiger partial charge is 0.496 e. The number of aryl methyl sites for hydroxylation is 1. The molecule has 1 aliphatic heterocycles. The highest BCUT2D eigenvalue weighted by molar-refractivity contribution is 7.89. The number of hydrogen-bond acceptors (Lipinski definition) is 8. The van der Waals surface area contributed by atoms with Crippen LogP contribution in [0.5, 0.6) is 11.5 Å². The van der Waals surface area contributed by atoms with Crippen LogP contribution in [0.25, 0.3) is 0 Å². The van der Waals surface area contributed by atoms with Crippen LogP contribution in [0.3, 0.4) is 0 Å². The van der Waals surface area contributed by atoms with Crippen LogP contribution in [0.4, 0.5) is 5.69 Å². The zero-order valence-electron chi connectivity index (χ0n) is 18.6. The van der Waals surface area contributed by atoms with E-state index in [2.05, 4.69) is 5.32 Å². The standard InChI is InChI=1S/C22H26N2O8S/c1-15-4-5-16(12-19(15)30-3)22(26)32-14-21(25)23-17-6-7-18(29-2)20(13-17)33(27,28)24-8-10-31-11-9-24/h4-7,12-13H,8-11,14H2,1-3H3,(H,23,25). The molecule has 1 heterocycles. The first-order chi connectivity index (χ1) is 15.8. The second-order valence-electron chi connectivity index (χ2n) is 7.19. The van der Waals surface area contributed by atoms with Gasteiger partial charge in [-0.2, -0.15) is 4.31 Å². The summed E-state index contributed by atoms with van der Waals surface area (Å²) in [7, 11) is -0.995. The van der Waals surface area contributed by atoms with E-state index < -0.39 is 28.5 Å². The van der Waals surface area contributed by atoms with Gasteiger partial charge in [-0.05, 0) is 42.8 Å². The Balaban J connectivity index is 1.68. The summed E-state index contributed by atoms with van der Waals surface area (Å²) in [5.41, 5.74) is 1.32. The molecule has 2 aromatic rings. The number of nitrogens with one attached hydrogen (secondary N) is 1. The molecule has 0 bridgehead atoms. The van der Waals surface area contributed by atoms with Crippen LogP contribution in [0.15, 0.2) is 41.3 Å². The molecule has 1 amide bonds. The lowest BCUT2D eigenvalue weighted by Gasteiger charge is -2.26. The zero-order chi connectivity index (χ0) is 24.0. The Bertz CT molecular complexity index is 1130. The zero-order valence-corrected chi connectivity index (χ0v) is 19.4. The molecule has 1 saturated heterocycles. The minimum atomic E-state index is -3.86. The number of benzene rings is 2. The van der Waals surface area contributed by atoms with E-state index in [9.17, 15) is 18.0 Å². The van der Waals surface area contributed by atoms with Gasteiger partial charge in [-0.1, -0.05) is 6.07 Å². The monoisotopic (exact) mass is 478 g/mol. The number of carbonyl (C=O) groups is 2. The quantitative estimate of drug-likeness (QED) is 0.571. The van der Waals surface area contributed by atoms with Gasteiger partial charge < -0.3 is 24.3 Å². The molecule has 0 spiro atoms. The molecule has 1 fully saturated rings. The maximum atomic E-state index is 13.1. The average Bonchev–Trinajstić information content (AvgIpc) is 2.83. The van der Waals surface area contributed by atoms with Crippen LogP contribution in [0.2, 0.25) is 0 Å². The number of methoxy groups -OCH3 is 2. The van der Waals surface area contributed by atoms with E-state index in [-0.39, 0.29) is 35.0 Å². The van der Waals surface area contributed by atoms with Crippen molar-refractivity contribution in [1.82, 2.24) is 4.31 Å². The Morgan fingerprint density at radius 3 is 2.39 bits per heavy atom. The van der Waals surface area contributed by atoms with Crippen molar-refractivity contribution in [1.29, 1.82) is 0 Å². The minimum Gasteiger partial charge on any atom is -0.496 e. The SMILES string of the molecule is COc1cc(C(=O)OCC(=O)Nc2ccc(OC)c(S(=O)(=O)N3CCOCC3)c2)ccc1C. The van der Waals surface area contributed by atoms with Gasteiger partial charge in [-0.15, -0.1) is 0 Å². The van der Waals surface area contributed by atoms with E-state index in [0.717, 1.165) is 5.56 Å². The summed E-state index contributed by atoms with van der Waals surface area (Å²) in [6.07, 6.45) is 0. The number of esters is 1. The first-order valence-corrected chi connectivity index (χ1v) is 11.6. The highest BCUT2D eigenvalue weighted by Gasteiger charge is 2.29. The van der Waals surface area contributed by atoms with Crippen molar-refractivity contribution in [3.8, 4) is 11.5 Å². The lowest BCUT2D eigenvalue weighted by atomic mass is 10.1. The van der Waals surface area contributed by atoms with E-state index in [1.807, 2.05) is 6.92 Å². The van der Waals surface area contributed by atoms with Crippen LogP contribution in [0, 0.1) is 6.92 Å². The average molecular weight is 479 g/mol. The first-order valence-electron chi connectivity index (χ1n) is 10.1. The van der Waals surface area contributed by atoms with Gasteiger partial charge in [0.25, 0.3) is 5.91 Å². The molecule has 178 valence electrons. The molecule has 0 unspecified atom stereocenters. The van der Waals surface area contributed by atoms with Gasteiger partial charge in [0.05, 0.1) is 33.0 Å². The van der Waals surface area contributed by atoms with E-state index in [1.54, 1.807) is 12.1 Å². The fraction of sp³-hybridized carbons (Fsp3) is 0.364. The molecule has 33 heavy (non-hydrogen) atoms. The second kappa shape index (κ2) is 10.6. The maximum Gasteiger partial charge on any atom is 0.338 e. The van der Waals surface area contributed by atoms with Gasteiger partial charge in [0, 0.05) is 18.8 Å². The molecule has 2 aromatic carbocycles. The van der Waals surface area contributed by atoms with Gasteiger partial charge in [0.1, 0.15) is 16.4 Å². The van der Waals surface area contributed by atoms with Gasteiger partial charge in [-0.25, -0.2) is 13.2 Å². The predicted molar refractivity (Wildman–Crippen MR) is 119 cm³/mol. The summed E-state index contributed by atoms with van der Waals surface area (Å²) < 4.78 is 48.1. The van der Waals surface area contributed by atoms with Crippen LogP contribution >= 0.6 is 0 Å². The van der Waals surface area contributed by atoms with Gasteiger partial charge in [0.15, 0.2) is 6.61 Å². The Hall–Kier alpha value is -3.15. The molecular weight excluding hydrogens is 452 g/mol. The number of morpholine rings is 1. The number of nitrogens with zero attached hydrogens (tertiary/aromatic N) is 1. The summed E-state index contributed by atoms with van der Waals surface area (Å²) in [5.74, 6) is -0.628. The first kappa shape index (κ1) is 24.5. The van der Waals surface area contributed by atoms with E-state index in [1.165, 1.54) is 42.8 Å². The van der Waals surface area contributed by atoms with Gasteiger partial charge in [0.2, 0.25) is 10.0 Å². The molecule has 3 rings (SSSR count). The summed E-state index contributed by atoms with van der Waals surface area (Å²) >= 11 is 0. The molecule has 0 saturated carbocycles. The molecule has 1 N–H and O–H groups in total. The van der Waals surface area contributed by atoms with Crippen molar-refractivity contribution in [3.05, 3.63) is 47.5 Å². The maximum absolute atomic E-state index is 13.1. The minimum absolute atomic E-state index is 0.0755. The molecule has 1 aliphatic rings. The molecular formula is C22H26N2O8S. The normalized spacial score (nSPS) is 14.4. The van der Waals surface area contributed by atoms with E-state index in [0.29, 0.717) is 19.0 Å². The number of anilines is 1. The second-order valence-corrected chi connectivity index (χ2v) is 9.10. The Labute approximate surface area is 192 Å². The van der Waals surface area contributed by atoms with Crippen LogP contribution in [0.1, 0.15) is 15.9 Å². The lowest BCUT2D eigenvalue weighted by molar-refractivity contribution is -0.119. The summed E-state index contributed by atoms with van der Waals surface area (Å²) in [6, 6.07) is 9.08. The summed E-state index contributed by atoms with van der Waals surface area (Å²) in [5, 5.41) is 2.54. The molecule has 0 atom stereocenters. The topological polar surface area (TPSA) is 120 Å². The van der Waals surface area contributed by atoms with Gasteiger partial charge >= 0.3 is 5.97 Å². The van der Waals surface area contributed by atoms with Crippen molar-refractivity contribution in [3.63, 3.8) is 0 Å². The van der Waals surface area contributed by atoms with Crippen molar-refractivity contribution in [2.45, 2.75) is 11.8 Å². The number of amides is 1. The third-order valence-corrected chi connectivity index (χ3v) is 6.93. The van der Waals surface area contributed by atoms with Crippen LogP contribution in [-0.4, -0.2) is 71.7 Å². The van der Waals surface area contributed by atoms with E-state index in [4.69, 9.17) is 18.9 Å². The van der Waals surface area contributed by atoms with Crippen LogP contribution in [-0.2, 0) is 24.3 Å². The fourth-order valence-electron chi connectivity index (χ4n) is 3.24. The number of sulfonamides is 1. The molecule has 0 radical (unpaired) electrons. The smallest absolute Gasteiger partial charge is 0.338 e. The molecule has 0 aliphatic carbocycles. The van der Waals surface area contributed by atoms with Crippen LogP contribution < -0.4 is 14.8 Å². The Morgan fingerprint density at radius 1 is 1.03 bits per heavy atom. The van der Waals surface area contributed by atoms with Crippen molar-refractivity contribution < 1.29 is 37.0 Å². The van der Waals surface area contributed by atoms with Gasteiger partial charge in [-0.3, -0.25) is 4.79 Å². The molecule has 11 heteroatoms. The van der Waals surface area contributed by atoms with Crippen molar-refractivity contribution in [2.24, 2.45) is 0 Å². The van der Waals surface area contributed by atoms with Crippen molar-refractivity contribution >= 4 is 27.6 Å². The molecule has 10 nitrogen and oxygen atoms in total. The van der Waals surface area contributed by atoms with Crippen molar-refractivity contribution in [2.75, 3.05) is 52.4 Å². The Morgan fingerprint density at radius 2 is 1.73 bits per heavy atom. The third kappa shape index (κ3) is 5.81. The fourth-order valence-corrected chi connectivity index (χ4v) is 4.83. The molecule has 0 aromatic heterocycles. The number of hydrogen-bond donors (Lipinski definition) is 1. The number of rotatable bonds is 8. The Kier molecular flexibility index (Phi) is 7.90. The highest BCUT2D eigenvalue weighted by atomic mass is 32.2. The highest BCUT2D eigenvalue weighted by Crippen LogP contribution is 2.30. The third-order valence-electron chi connectivity index (χ3n) is 5.01. The lowest BCUT2D eigenvalue weighted by Crippen LogP contribution is -2.40. The summed E-state index contributed by atoms with van der Waals surface area (Å²) in [6.45, 7) is 2.34. The summed E-state index contributed by atoms with van der Waals surface area (Å²) in [4.78, 5) is 24.5. The number of ether oxygens (including phenoxy) is 4. The number of carbonyl (C=O) groups excluding carboxylic acids is 2. The predicted octanol–water partition coefficient (Wildman–Crippen LogP) is 1.83.